The van der Waals surface area contributed by atoms with Gasteiger partial charge in [-0.1, -0.05) is 29.3 Å². The molecule has 0 bridgehead atoms. The Morgan fingerprint density at radius 1 is 1.08 bits per heavy atom. The highest BCUT2D eigenvalue weighted by atomic mass is 35.5. The van der Waals surface area contributed by atoms with Crippen LogP contribution in [0.3, 0.4) is 0 Å². The summed E-state index contributed by atoms with van der Waals surface area (Å²) in [6.07, 6.45) is 1.24. The van der Waals surface area contributed by atoms with Gasteiger partial charge in [-0.3, -0.25) is 19.7 Å². The van der Waals surface area contributed by atoms with Gasteiger partial charge >= 0.3 is 11.8 Å². The first-order chi connectivity index (χ1) is 11.9. The van der Waals surface area contributed by atoms with Gasteiger partial charge in [0.15, 0.2) is 0 Å². The van der Waals surface area contributed by atoms with Crippen molar-refractivity contribution in [2.75, 3.05) is 5.32 Å². The summed E-state index contributed by atoms with van der Waals surface area (Å²) >= 11 is 11.7. The molecule has 8 nitrogen and oxygen atoms in total. The van der Waals surface area contributed by atoms with Crippen molar-refractivity contribution in [3.63, 3.8) is 0 Å². The Kier molecular flexibility index (Phi) is 6.04. The molecule has 0 fully saturated rings. The normalized spacial score (nSPS) is 10.5. The number of rotatable bonds is 4. The van der Waals surface area contributed by atoms with Crippen LogP contribution in [0.15, 0.2) is 47.6 Å². The number of amides is 2. The Balaban J connectivity index is 1.93. The minimum Gasteiger partial charge on any atom is -0.316 e. The second-order valence-corrected chi connectivity index (χ2v) is 5.39. The van der Waals surface area contributed by atoms with E-state index in [4.69, 9.17) is 23.2 Å². The lowest BCUT2D eigenvalue weighted by Crippen LogP contribution is -2.32. The number of anilines is 1. The maximum Gasteiger partial charge on any atom is 0.329 e. The van der Waals surface area contributed by atoms with E-state index in [0.29, 0.717) is 5.56 Å². The van der Waals surface area contributed by atoms with E-state index in [1.165, 1.54) is 42.6 Å². The van der Waals surface area contributed by atoms with Crippen LogP contribution in [0.5, 0.6) is 0 Å². The molecular formula is C15H10Cl2N4O4. The van der Waals surface area contributed by atoms with Crippen molar-refractivity contribution in [3.05, 3.63) is 68.2 Å². The summed E-state index contributed by atoms with van der Waals surface area (Å²) in [5.41, 5.74) is 2.65. The van der Waals surface area contributed by atoms with E-state index in [1.807, 2.05) is 5.43 Å². The zero-order valence-electron chi connectivity index (χ0n) is 12.4. The summed E-state index contributed by atoms with van der Waals surface area (Å²) in [5, 5.41) is 16.8. The quantitative estimate of drug-likeness (QED) is 0.367. The van der Waals surface area contributed by atoms with Gasteiger partial charge in [0.05, 0.1) is 26.9 Å². The summed E-state index contributed by atoms with van der Waals surface area (Å²) in [6, 6.07) is 10.1. The average molecular weight is 381 g/mol. The topological polar surface area (TPSA) is 114 Å². The lowest BCUT2D eigenvalue weighted by Gasteiger charge is -2.06. The van der Waals surface area contributed by atoms with Crippen LogP contribution in [0.25, 0.3) is 0 Å². The van der Waals surface area contributed by atoms with E-state index in [-0.39, 0.29) is 21.4 Å². The van der Waals surface area contributed by atoms with Crippen LogP contribution < -0.4 is 10.7 Å². The number of carbonyl (C=O) groups excluding carboxylic acids is 2. The van der Waals surface area contributed by atoms with Crippen LogP contribution in [-0.2, 0) is 9.59 Å². The molecule has 0 saturated heterocycles. The molecular weight excluding hydrogens is 371 g/mol. The monoisotopic (exact) mass is 380 g/mol. The van der Waals surface area contributed by atoms with E-state index in [9.17, 15) is 19.7 Å². The van der Waals surface area contributed by atoms with Crippen molar-refractivity contribution in [1.82, 2.24) is 5.43 Å². The van der Waals surface area contributed by atoms with Crippen LogP contribution in [-0.4, -0.2) is 23.0 Å². The van der Waals surface area contributed by atoms with Gasteiger partial charge in [-0.25, -0.2) is 5.43 Å². The van der Waals surface area contributed by atoms with E-state index in [2.05, 4.69) is 10.4 Å². The first-order valence-electron chi connectivity index (χ1n) is 6.71. The van der Waals surface area contributed by atoms with E-state index >= 15 is 0 Å². The van der Waals surface area contributed by atoms with Gasteiger partial charge in [0.1, 0.15) is 0 Å². The van der Waals surface area contributed by atoms with Gasteiger partial charge in [-0.15, -0.1) is 0 Å². The SMILES string of the molecule is O=C(NN=Cc1ccc([N+](=O)[O-])cc1)C(=O)Nc1cccc(Cl)c1Cl. The van der Waals surface area contributed by atoms with Crippen molar-refractivity contribution in [1.29, 1.82) is 0 Å². The number of nitrogens with zero attached hydrogens (tertiary/aromatic N) is 2. The number of non-ortho nitro benzene ring substituents is 1. The molecule has 0 spiro atoms. The number of hydrogen-bond donors (Lipinski definition) is 2. The van der Waals surface area contributed by atoms with Gasteiger partial charge in [0.2, 0.25) is 0 Å². The van der Waals surface area contributed by atoms with Crippen LogP contribution in [0.1, 0.15) is 5.56 Å². The van der Waals surface area contributed by atoms with Crippen LogP contribution in [0, 0.1) is 10.1 Å². The molecule has 0 unspecified atom stereocenters. The first kappa shape index (κ1) is 18.4. The molecule has 2 aromatic rings. The molecule has 128 valence electrons. The number of nitro groups is 1. The minimum absolute atomic E-state index is 0.0704. The largest absolute Gasteiger partial charge is 0.329 e. The molecule has 2 N–H and O–H groups in total. The fourth-order valence-corrected chi connectivity index (χ4v) is 2.03. The maximum absolute atomic E-state index is 11.8. The van der Waals surface area contributed by atoms with Crippen molar-refractivity contribution in [2.24, 2.45) is 5.10 Å². The number of nitrogens with one attached hydrogen (secondary N) is 2. The van der Waals surface area contributed by atoms with Crippen LogP contribution in [0.4, 0.5) is 11.4 Å². The van der Waals surface area contributed by atoms with E-state index in [0.717, 1.165) is 0 Å². The number of halogens is 2. The predicted octanol–water partition coefficient (Wildman–Crippen LogP) is 2.99. The van der Waals surface area contributed by atoms with Crippen LogP contribution >= 0.6 is 23.2 Å². The third kappa shape index (κ3) is 5.00. The average Bonchev–Trinajstić information content (AvgIpc) is 2.59. The summed E-state index contributed by atoms with van der Waals surface area (Å²) in [7, 11) is 0. The second-order valence-electron chi connectivity index (χ2n) is 4.60. The number of hydrazone groups is 1. The van der Waals surface area contributed by atoms with Crippen molar-refractivity contribution in [3.8, 4) is 0 Å². The Hall–Kier alpha value is -2.97. The number of nitro benzene ring substituents is 1. The molecule has 2 amide bonds. The third-order valence-electron chi connectivity index (χ3n) is 2.89. The Labute approximate surface area is 151 Å². The molecule has 0 radical (unpaired) electrons. The van der Waals surface area contributed by atoms with Gasteiger partial charge in [-0.2, -0.15) is 5.10 Å². The van der Waals surface area contributed by atoms with Gasteiger partial charge in [0, 0.05) is 12.1 Å². The zero-order chi connectivity index (χ0) is 18.4. The highest BCUT2D eigenvalue weighted by molar-refractivity contribution is 6.45. The molecule has 0 atom stereocenters. The number of hydrogen-bond acceptors (Lipinski definition) is 5. The highest BCUT2D eigenvalue weighted by Gasteiger charge is 2.15. The van der Waals surface area contributed by atoms with Gasteiger partial charge in [0.25, 0.3) is 5.69 Å². The molecule has 2 rings (SSSR count). The number of benzene rings is 2. The second kappa shape index (κ2) is 8.22. The standard InChI is InChI=1S/C15H10Cl2N4O4/c16-11-2-1-3-12(13(11)17)19-14(22)15(23)20-18-8-9-4-6-10(7-5-9)21(24)25/h1-8H,(H,19,22)(H,20,23). The molecule has 0 aliphatic rings. The van der Waals surface area contributed by atoms with Gasteiger partial charge in [-0.05, 0) is 29.8 Å². The molecule has 0 aliphatic carbocycles. The molecule has 0 aliphatic heterocycles. The van der Waals surface area contributed by atoms with Gasteiger partial charge < -0.3 is 5.32 Å². The molecule has 0 saturated carbocycles. The van der Waals surface area contributed by atoms with Crippen molar-refractivity contribution >= 4 is 52.6 Å². The third-order valence-corrected chi connectivity index (χ3v) is 3.71. The van der Waals surface area contributed by atoms with Crippen molar-refractivity contribution < 1.29 is 14.5 Å². The first-order valence-corrected chi connectivity index (χ1v) is 7.47. The molecule has 25 heavy (non-hydrogen) atoms. The summed E-state index contributed by atoms with van der Waals surface area (Å²) in [6.45, 7) is 0. The Morgan fingerprint density at radius 3 is 2.40 bits per heavy atom. The molecule has 2 aromatic carbocycles. The summed E-state index contributed by atoms with van der Waals surface area (Å²) in [5.74, 6) is -2.00. The lowest BCUT2D eigenvalue weighted by molar-refractivity contribution is -0.384. The number of carbonyl (C=O) groups is 2. The molecule has 0 heterocycles. The van der Waals surface area contributed by atoms with E-state index < -0.39 is 16.7 Å². The fraction of sp³-hybridized carbons (Fsp3) is 0. The predicted molar refractivity (Wildman–Crippen MR) is 93.9 cm³/mol. The Bertz CT molecular complexity index is 853. The summed E-state index contributed by atoms with van der Waals surface area (Å²) < 4.78 is 0. The smallest absolute Gasteiger partial charge is 0.316 e. The zero-order valence-corrected chi connectivity index (χ0v) is 13.9. The highest BCUT2D eigenvalue weighted by Crippen LogP contribution is 2.29. The Morgan fingerprint density at radius 2 is 1.76 bits per heavy atom. The molecule has 0 aromatic heterocycles. The van der Waals surface area contributed by atoms with Crippen molar-refractivity contribution in [2.45, 2.75) is 0 Å². The van der Waals surface area contributed by atoms with E-state index in [1.54, 1.807) is 6.07 Å². The molecule has 10 heteroatoms. The fourth-order valence-electron chi connectivity index (χ4n) is 1.68. The van der Waals surface area contributed by atoms with Crippen LogP contribution in [0.2, 0.25) is 10.0 Å². The lowest BCUT2D eigenvalue weighted by atomic mass is 10.2. The maximum atomic E-state index is 11.8. The summed E-state index contributed by atoms with van der Waals surface area (Å²) in [4.78, 5) is 33.4. The minimum atomic E-state index is -1.02.